The number of oxime groups is 1. The molecular formula is C20H22N2O4. The molecule has 1 heterocycles. The van der Waals surface area contributed by atoms with Gasteiger partial charge in [0.1, 0.15) is 11.5 Å². The number of carbonyl (C=O) groups excluding carboxylic acids is 1. The van der Waals surface area contributed by atoms with Gasteiger partial charge in [0.05, 0.1) is 19.9 Å². The van der Waals surface area contributed by atoms with Crippen molar-refractivity contribution in [1.82, 2.24) is 0 Å². The van der Waals surface area contributed by atoms with Crippen LogP contribution in [0.4, 0.5) is 5.69 Å². The Morgan fingerprint density at radius 1 is 1.19 bits per heavy atom. The predicted molar refractivity (Wildman–Crippen MR) is 100 cm³/mol. The van der Waals surface area contributed by atoms with E-state index in [4.69, 9.17) is 14.3 Å². The fourth-order valence-corrected chi connectivity index (χ4v) is 2.76. The van der Waals surface area contributed by atoms with E-state index in [1.54, 1.807) is 20.3 Å². The third-order valence-electron chi connectivity index (χ3n) is 4.31. The van der Waals surface area contributed by atoms with Crippen LogP contribution in [0.3, 0.4) is 0 Å². The lowest BCUT2D eigenvalue weighted by Crippen LogP contribution is -2.28. The zero-order valence-electron chi connectivity index (χ0n) is 15.1. The van der Waals surface area contributed by atoms with Gasteiger partial charge in [0.25, 0.3) is 5.91 Å². The van der Waals surface area contributed by atoms with E-state index in [1.807, 2.05) is 36.4 Å². The van der Waals surface area contributed by atoms with Crippen molar-refractivity contribution in [2.75, 3.05) is 19.5 Å². The van der Waals surface area contributed by atoms with E-state index in [-0.39, 0.29) is 5.91 Å². The molecule has 1 atom stereocenters. The third kappa shape index (κ3) is 3.79. The van der Waals surface area contributed by atoms with E-state index in [9.17, 15) is 4.79 Å². The fraction of sp³-hybridized carbons (Fsp3) is 0.300. The zero-order valence-corrected chi connectivity index (χ0v) is 15.1. The van der Waals surface area contributed by atoms with Crippen LogP contribution < -0.4 is 14.8 Å². The molecule has 1 aliphatic heterocycles. The van der Waals surface area contributed by atoms with Crippen molar-refractivity contribution in [3.05, 3.63) is 53.6 Å². The molecule has 0 aliphatic carbocycles. The number of hydrogen-bond donors (Lipinski definition) is 1. The summed E-state index contributed by atoms with van der Waals surface area (Å²) in [5.74, 6) is 1.12. The summed E-state index contributed by atoms with van der Waals surface area (Å²) < 4.78 is 10.6. The quantitative estimate of drug-likeness (QED) is 0.863. The highest BCUT2D eigenvalue weighted by Crippen LogP contribution is 2.29. The van der Waals surface area contributed by atoms with Crippen molar-refractivity contribution in [3.63, 3.8) is 0 Å². The van der Waals surface area contributed by atoms with Gasteiger partial charge in [-0.15, -0.1) is 0 Å². The van der Waals surface area contributed by atoms with Crippen LogP contribution in [0.25, 0.3) is 0 Å². The number of methoxy groups -OCH3 is 2. The van der Waals surface area contributed by atoms with E-state index >= 15 is 0 Å². The van der Waals surface area contributed by atoms with Gasteiger partial charge in [-0.3, -0.25) is 4.79 Å². The summed E-state index contributed by atoms with van der Waals surface area (Å²) >= 11 is 0. The van der Waals surface area contributed by atoms with Gasteiger partial charge < -0.3 is 19.6 Å². The number of amides is 1. The van der Waals surface area contributed by atoms with Gasteiger partial charge in [-0.1, -0.05) is 24.2 Å². The molecule has 0 fully saturated rings. The summed E-state index contributed by atoms with van der Waals surface area (Å²) in [6.07, 6.45) is 0.647. The van der Waals surface area contributed by atoms with Crippen LogP contribution >= 0.6 is 0 Å². The smallest absolute Gasteiger partial charge is 0.268 e. The summed E-state index contributed by atoms with van der Waals surface area (Å²) in [5.41, 5.74) is 3.37. The molecule has 6 heteroatoms. The maximum Gasteiger partial charge on any atom is 0.268 e. The second kappa shape index (κ2) is 7.91. The highest BCUT2D eigenvalue weighted by molar-refractivity contribution is 6.07. The Morgan fingerprint density at radius 2 is 1.96 bits per heavy atom. The van der Waals surface area contributed by atoms with E-state index < -0.39 is 6.10 Å². The Labute approximate surface area is 152 Å². The first-order valence-electron chi connectivity index (χ1n) is 8.49. The van der Waals surface area contributed by atoms with Crippen molar-refractivity contribution in [2.45, 2.75) is 25.9 Å². The van der Waals surface area contributed by atoms with E-state index in [0.717, 1.165) is 17.7 Å². The zero-order chi connectivity index (χ0) is 18.5. The number of benzene rings is 2. The second-order valence-electron chi connectivity index (χ2n) is 5.94. The first-order valence-corrected chi connectivity index (χ1v) is 8.49. The van der Waals surface area contributed by atoms with Crippen LogP contribution in [0.1, 0.15) is 24.5 Å². The normalized spacial score (nSPS) is 15.8. The minimum absolute atomic E-state index is 0.227. The number of carbonyl (C=O) groups is 1. The summed E-state index contributed by atoms with van der Waals surface area (Å²) in [4.78, 5) is 17.8. The van der Waals surface area contributed by atoms with Crippen molar-refractivity contribution in [3.8, 4) is 11.5 Å². The van der Waals surface area contributed by atoms with Crippen molar-refractivity contribution in [2.24, 2.45) is 5.16 Å². The summed E-state index contributed by atoms with van der Waals surface area (Å²) in [6.45, 7) is 2.09. The van der Waals surface area contributed by atoms with Crippen molar-refractivity contribution < 1.29 is 19.1 Å². The highest BCUT2D eigenvalue weighted by Gasteiger charge is 2.30. The molecule has 1 aliphatic rings. The van der Waals surface area contributed by atoms with Crippen LogP contribution in [0, 0.1) is 0 Å². The number of ether oxygens (including phenoxy) is 2. The van der Waals surface area contributed by atoms with Gasteiger partial charge in [-0.25, -0.2) is 0 Å². The molecule has 0 saturated carbocycles. The average molecular weight is 354 g/mol. The highest BCUT2D eigenvalue weighted by atomic mass is 16.6. The number of nitrogens with one attached hydrogen (secondary N) is 1. The van der Waals surface area contributed by atoms with Crippen molar-refractivity contribution >= 4 is 17.3 Å². The molecule has 0 saturated heterocycles. The van der Waals surface area contributed by atoms with Crippen LogP contribution in [-0.4, -0.2) is 31.9 Å². The van der Waals surface area contributed by atoms with Crippen LogP contribution in [0.2, 0.25) is 0 Å². The first kappa shape index (κ1) is 17.8. The molecule has 26 heavy (non-hydrogen) atoms. The fourth-order valence-electron chi connectivity index (χ4n) is 2.76. The maximum absolute atomic E-state index is 12.5. The molecule has 2 aromatic carbocycles. The number of anilines is 1. The van der Waals surface area contributed by atoms with Gasteiger partial charge in [0, 0.05) is 17.7 Å². The van der Waals surface area contributed by atoms with Gasteiger partial charge in [-0.2, -0.15) is 0 Å². The molecule has 2 aromatic rings. The molecule has 0 unspecified atom stereocenters. The minimum Gasteiger partial charge on any atom is -0.497 e. The Morgan fingerprint density at radius 3 is 2.62 bits per heavy atom. The van der Waals surface area contributed by atoms with E-state index in [1.165, 1.54) is 5.56 Å². The number of hydrogen-bond acceptors (Lipinski definition) is 5. The van der Waals surface area contributed by atoms with Gasteiger partial charge in [0.2, 0.25) is 6.10 Å². The molecule has 136 valence electrons. The van der Waals surface area contributed by atoms with Crippen LogP contribution in [-0.2, 0) is 16.1 Å². The van der Waals surface area contributed by atoms with Crippen LogP contribution in [0.15, 0.2) is 47.6 Å². The standard InChI is InChI=1S/C20H22N2O4/c1-4-13-5-7-14(8-6-13)21-20(23)19-12-17(22-26-19)16-11-15(24-2)9-10-18(16)25-3/h5-11,19H,4,12H2,1-3H3,(H,21,23)/t19-/m0/s1. The van der Waals surface area contributed by atoms with E-state index in [0.29, 0.717) is 23.6 Å². The average Bonchev–Trinajstić information content (AvgIpc) is 3.18. The number of nitrogens with zero attached hydrogens (tertiary/aromatic N) is 1. The number of rotatable bonds is 6. The molecule has 3 rings (SSSR count). The Bertz CT molecular complexity index is 815. The largest absolute Gasteiger partial charge is 0.497 e. The molecule has 6 nitrogen and oxygen atoms in total. The molecule has 0 bridgehead atoms. The Kier molecular flexibility index (Phi) is 5.41. The maximum atomic E-state index is 12.5. The molecule has 1 N–H and O–H groups in total. The first-order chi connectivity index (χ1) is 12.6. The SMILES string of the molecule is CCc1ccc(NC(=O)[C@@H]2CC(c3cc(OC)ccc3OC)=NO2)cc1. The minimum atomic E-state index is -0.674. The molecular weight excluding hydrogens is 332 g/mol. The molecule has 0 spiro atoms. The topological polar surface area (TPSA) is 69.2 Å². The summed E-state index contributed by atoms with van der Waals surface area (Å²) in [6, 6.07) is 13.2. The predicted octanol–water partition coefficient (Wildman–Crippen LogP) is 3.40. The van der Waals surface area contributed by atoms with Gasteiger partial charge >= 0.3 is 0 Å². The lowest BCUT2D eigenvalue weighted by atomic mass is 10.0. The molecule has 0 aromatic heterocycles. The lowest BCUT2D eigenvalue weighted by Gasteiger charge is -2.11. The second-order valence-corrected chi connectivity index (χ2v) is 5.94. The Hall–Kier alpha value is -3.02. The van der Waals surface area contributed by atoms with Gasteiger partial charge in [0.15, 0.2) is 0 Å². The molecule has 0 radical (unpaired) electrons. The van der Waals surface area contributed by atoms with Crippen molar-refractivity contribution in [1.29, 1.82) is 0 Å². The summed E-state index contributed by atoms with van der Waals surface area (Å²) in [7, 11) is 3.18. The van der Waals surface area contributed by atoms with Crippen LogP contribution in [0.5, 0.6) is 11.5 Å². The van der Waals surface area contributed by atoms with Gasteiger partial charge in [-0.05, 0) is 42.3 Å². The summed E-state index contributed by atoms with van der Waals surface area (Å²) in [5, 5.41) is 6.95. The molecule has 1 amide bonds. The third-order valence-corrected chi connectivity index (χ3v) is 4.31. The van der Waals surface area contributed by atoms with E-state index in [2.05, 4.69) is 17.4 Å². The lowest BCUT2D eigenvalue weighted by molar-refractivity contribution is -0.125. The number of aryl methyl sites for hydroxylation is 1. The monoisotopic (exact) mass is 354 g/mol. The Balaban J connectivity index is 1.68.